The number of nitrogens with two attached hydrogens (primary N) is 1. The van der Waals surface area contributed by atoms with E-state index < -0.39 is 6.04 Å². The number of amides is 1. The molecule has 2 aliphatic heterocycles. The van der Waals surface area contributed by atoms with Crippen molar-refractivity contribution in [2.75, 3.05) is 26.4 Å². The van der Waals surface area contributed by atoms with Gasteiger partial charge in [0.1, 0.15) is 6.04 Å². The van der Waals surface area contributed by atoms with Crippen LogP contribution in [-0.2, 0) is 14.4 Å². The second-order valence-electron chi connectivity index (χ2n) is 3.86. The molecule has 0 bridgehead atoms. The summed E-state index contributed by atoms with van der Waals surface area (Å²) in [6.45, 7) is 2.56. The van der Waals surface area contributed by atoms with Gasteiger partial charge in [-0.2, -0.15) is 0 Å². The lowest BCUT2D eigenvalue weighted by molar-refractivity contribution is -0.166. The van der Waals surface area contributed by atoms with E-state index in [9.17, 15) is 4.79 Å². The largest absolute Gasteiger partial charge is 0.381 e. The van der Waals surface area contributed by atoms with E-state index in [-0.39, 0.29) is 5.91 Å². The number of nitrogens with zero attached hydrogens (tertiary/aromatic N) is 1. The Kier molecular flexibility index (Phi) is 3.00. The molecule has 0 aromatic rings. The summed E-state index contributed by atoms with van der Waals surface area (Å²) in [5.41, 5.74) is 5.53. The molecule has 80 valence electrons. The van der Waals surface area contributed by atoms with Crippen LogP contribution in [0.2, 0.25) is 0 Å². The summed E-state index contributed by atoms with van der Waals surface area (Å²) in [5, 5.41) is 1.42. The number of hydrogen-bond acceptors (Lipinski definition) is 4. The molecule has 0 radical (unpaired) electrons. The van der Waals surface area contributed by atoms with Crippen LogP contribution in [0.5, 0.6) is 0 Å². The third kappa shape index (κ3) is 2.05. The fraction of sp³-hybridized carbons (Fsp3) is 0.889. The van der Waals surface area contributed by atoms with E-state index >= 15 is 0 Å². The van der Waals surface area contributed by atoms with Gasteiger partial charge in [0, 0.05) is 13.2 Å². The molecule has 2 fully saturated rings. The number of hydrogen-bond donors (Lipinski definition) is 1. The normalized spacial score (nSPS) is 29.9. The Bertz CT molecular complexity index is 216. The fourth-order valence-electron chi connectivity index (χ4n) is 1.80. The Balaban J connectivity index is 1.82. The third-order valence-electron chi connectivity index (χ3n) is 2.74. The minimum Gasteiger partial charge on any atom is -0.381 e. The highest BCUT2D eigenvalue weighted by molar-refractivity contribution is 5.82. The van der Waals surface area contributed by atoms with E-state index in [1.165, 1.54) is 5.06 Å². The van der Waals surface area contributed by atoms with Gasteiger partial charge in [-0.15, -0.1) is 0 Å². The fourth-order valence-corrected chi connectivity index (χ4v) is 1.80. The second kappa shape index (κ2) is 4.25. The smallest absolute Gasteiger partial charge is 0.265 e. The monoisotopic (exact) mass is 200 g/mol. The third-order valence-corrected chi connectivity index (χ3v) is 2.74. The SMILES string of the molecule is N[C@@H]1CON(CC2CCOCC2)C1=O. The zero-order valence-corrected chi connectivity index (χ0v) is 8.15. The molecule has 2 heterocycles. The molecule has 1 amide bonds. The molecule has 0 aromatic carbocycles. The van der Waals surface area contributed by atoms with Crippen LogP contribution in [-0.4, -0.2) is 43.4 Å². The number of carbonyl (C=O) groups is 1. The van der Waals surface area contributed by atoms with Gasteiger partial charge in [-0.25, -0.2) is 5.06 Å². The first-order valence-corrected chi connectivity index (χ1v) is 5.05. The van der Waals surface area contributed by atoms with E-state index in [0.717, 1.165) is 26.1 Å². The first-order chi connectivity index (χ1) is 6.77. The van der Waals surface area contributed by atoms with Gasteiger partial charge < -0.3 is 10.5 Å². The molecule has 0 aliphatic carbocycles. The van der Waals surface area contributed by atoms with Crippen molar-refractivity contribution in [2.45, 2.75) is 18.9 Å². The summed E-state index contributed by atoms with van der Waals surface area (Å²) in [7, 11) is 0. The summed E-state index contributed by atoms with van der Waals surface area (Å²) in [6, 6.07) is -0.463. The summed E-state index contributed by atoms with van der Waals surface area (Å²) in [6.07, 6.45) is 2.00. The lowest BCUT2D eigenvalue weighted by Crippen LogP contribution is -2.38. The lowest BCUT2D eigenvalue weighted by Gasteiger charge is -2.25. The van der Waals surface area contributed by atoms with Gasteiger partial charge in [-0.05, 0) is 18.8 Å². The van der Waals surface area contributed by atoms with Crippen molar-refractivity contribution in [3.63, 3.8) is 0 Å². The number of hydroxylamine groups is 2. The average molecular weight is 200 g/mol. The second-order valence-corrected chi connectivity index (χ2v) is 3.86. The quantitative estimate of drug-likeness (QED) is 0.653. The lowest BCUT2D eigenvalue weighted by atomic mass is 10.0. The maximum Gasteiger partial charge on any atom is 0.265 e. The van der Waals surface area contributed by atoms with Crippen molar-refractivity contribution in [3.05, 3.63) is 0 Å². The Labute approximate surface area is 83.1 Å². The van der Waals surface area contributed by atoms with Gasteiger partial charge in [-0.3, -0.25) is 9.63 Å². The first-order valence-electron chi connectivity index (χ1n) is 5.05. The van der Waals surface area contributed by atoms with E-state index in [2.05, 4.69) is 0 Å². The summed E-state index contributed by atoms with van der Waals surface area (Å²) in [5.74, 6) is 0.412. The summed E-state index contributed by atoms with van der Waals surface area (Å²) < 4.78 is 5.24. The molecule has 5 heteroatoms. The summed E-state index contributed by atoms with van der Waals surface area (Å²) >= 11 is 0. The van der Waals surface area contributed by atoms with Crippen LogP contribution >= 0.6 is 0 Å². The maximum atomic E-state index is 11.4. The van der Waals surface area contributed by atoms with Crippen LogP contribution in [0.25, 0.3) is 0 Å². The number of rotatable bonds is 2. The van der Waals surface area contributed by atoms with Crippen molar-refractivity contribution < 1.29 is 14.4 Å². The first kappa shape index (κ1) is 9.89. The van der Waals surface area contributed by atoms with Crippen LogP contribution in [0, 0.1) is 5.92 Å². The Hall–Kier alpha value is -0.650. The molecule has 5 nitrogen and oxygen atoms in total. The van der Waals surface area contributed by atoms with Crippen molar-refractivity contribution in [3.8, 4) is 0 Å². The number of carbonyl (C=O) groups excluding carboxylic acids is 1. The minimum absolute atomic E-state index is 0.0866. The molecule has 0 saturated carbocycles. The highest BCUT2D eigenvalue weighted by Crippen LogP contribution is 2.18. The van der Waals surface area contributed by atoms with Crippen molar-refractivity contribution in [1.82, 2.24) is 5.06 Å². The number of ether oxygens (including phenoxy) is 1. The molecule has 0 unspecified atom stereocenters. The van der Waals surface area contributed by atoms with Crippen molar-refractivity contribution in [1.29, 1.82) is 0 Å². The van der Waals surface area contributed by atoms with Crippen LogP contribution in [0.3, 0.4) is 0 Å². The van der Waals surface area contributed by atoms with Crippen LogP contribution in [0.15, 0.2) is 0 Å². The molecule has 0 spiro atoms. The molecule has 1 atom stereocenters. The zero-order valence-electron chi connectivity index (χ0n) is 8.15. The van der Waals surface area contributed by atoms with Gasteiger partial charge >= 0.3 is 0 Å². The Morgan fingerprint density at radius 1 is 1.43 bits per heavy atom. The van der Waals surface area contributed by atoms with E-state index in [4.69, 9.17) is 15.3 Å². The predicted octanol–water partition coefficient (Wildman–Crippen LogP) is -0.486. The van der Waals surface area contributed by atoms with Gasteiger partial charge in [0.15, 0.2) is 0 Å². The van der Waals surface area contributed by atoms with Gasteiger partial charge in [-0.1, -0.05) is 0 Å². The predicted molar refractivity (Wildman–Crippen MR) is 49.2 cm³/mol. The van der Waals surface area contributed by atoms with Crippen LogP contribution in [0.4, 0.5) is 0 Å². The van der Waals surface area contributed by atoms with E-state index in [1.807, 2.05) is 0 Å². The maximum absolute atomic E-state index is 11.4. The average Bonchev–Trinajstić information content (AvgIpc) is 2.52. The van der Waals surface area contributed by atoms with Crippen LogP contribution < -0.4 is 5.73 Å². The standard InChI is InChI=1S/C9H16N2O3/c10-8-6-14-11(9(8)12)5-7-1-3-13-4-2-7/h7-8H,1-6,10H2/t8-/m1/s1. The van der Waals surface area contributed by atoms with Gasteiger partial charge in [0.2, 0.25) is 0 Å². The molecule has 2 aliphatic rings. The molecule has 2 N–H and O–H groups in total. The van der Waals surface area contributed by atoms with Gasteiger partial charge in [0.05, 0.1) is 13.2 Å². The van der Waals surface area contributed by atoms with Crippen molar-refractivity contribution >= 4 is 5.91 Å². The summed E-state index contributed by atoms with van der Waals surface area (Å²) in [4.78, 5) is 16.6. The van der Waals surface area contributed by atoms with Crippen molar-refractivity contribution in [2.24, 2.45) is 11.7 Å². The van der Waals surface area contributed by atoms with Gasteiger partial charge in [0.25, 0.3) is 5.91 Å². The zero-order chi connectivity index (χ0) is 9.97. The molecule has 14 heavy (non-hydrogen) atoms. The molecular weight excluding hydrogens is 184 g/mol. The Morgan fingerprint density at radius 2 is 2.14 bits per heavy atom. The van der Waals surface area contributed by atoms with E-state index in [0.29, 0.717) is 19.1 Å². The highest BCUT2D eigenvalue weighted by atomic mass is 16.7. The highest BCUT2D eigenvalue weighted by Gasteiger charge is 2.32. The molecule has 0 aromatic heterocycles. The molecular formula is C9H16N2O3. The molecule has 2 saturated heterocycles. The topological polar surface area (TPSA) is 64.8 Å². The van der Waals surface area contributed by atoms with E-state index in [1.54, 1.807) is 0 Å². The Morgan fingerprint density at radius 3 is 2.71 bits per heavy atom. The van der Waals surface area contributed by atoms with Crippen LogP contribution in [0.1, 0.15) is 12.8 Å². The molecule has 2 rings (SSSR count). The minimum atomic E-state index is -0.463.